The lowest BCUT2D eigenvalue weighted by molar-refractivity contribution is -0.274. The van der Waals surface area contributed by atoms with Gasteiger partial charge in [-0.3, -0.25) is 9.69 Å². The van der Waals surface area contributed by atoms with E-state index in [2.05, 4.69) is 25.2 Å². The van der Waals surface area contributed by atoms with Crippen molar-refractivity contribution in [2.75, 3.05) is 17.3 Å². The number of thiazole rings is 1. The van der Waals surface area contributed by atoms with Crippen LogP contribution in [0, 0.1) is 0 Å². The smallest absolute Gasteiger partial charge is 0.406 e. The Kier molecular flexibility index (Phi) is 6.59. The van der Waals surface area contributed by atoms with Crippen molar-refractivity contribution in [3.63, 3.8) is 0 Å². The molecule has 1 N–H and O–H groups in total. The molecule has 3 aromatic rings. The molecule has 7 nitrogen and oxygen atoms in total. The second-order valence-electron chi connectivity index (χ2n) is 5.56. The Morgan fingerprint density at radius 3 is 2.66 bits per heavy atom. The van der Waals surface area contributed by atoms with Crippen LogP contribution in [0.5, 0.6) is 5.75 Å². The van der Waals surface area contributed by atoms with Gasteiger partial charge in [-0.25, -0.2) is 4.98 Å². The average Bonchev–Trinajstić information content (AvgIpc) is 3.29. The molecule has 0 saturated carbocycles. The summed E-state index contributed by atoms with van der Waals surface area (Å²) in [5.74, 6) is 0.186. The van der Waals surface area contributed by atoms with Crippen LogP contribution in [-0.4, -0.2) is 34.5 Å². The Bertz CT molecular complexity index is 975. The monoisotopic (exact) mass is 461 g/mol. The molecule has 154 valence electrons. The topological polar surface area (TPSA) is 80.2 Å². The third-order valence-electron chi connectivity index (χ3n) is 3.39. The molecular formula is C16H14F3N5O2S3. The van der Waals surface area contributed by atoms with Gasteiger partial charge in [0, 0.05) is 30.8 Å². The summed E-state index contributed by atoms with van der Waals surface area (Å²) in [6, 6.07) is 5.34. The summed E-state index contributed by atoms with van der Waals surface area (Å²) in [6.45, 7) is 1.47. The van der Waals surface area contributed by atoms with Crippen molar-refractivity contribution in [3.8, 4) is 5.75 Å². The fourth-order valence-electron chi connectivity index (χ4n) is 1.97. The lowest BCUT2D eigenvalue weighted by atomic mass is 10.3. The summed E-state index contributed by atoms with van der Waals surface area (Å²) in [5.41, 5.74) is 1.39. The number of ether oxygens (including phenoxy) is 1. The first-order chi connectivity index (χ1) is 13.7. The van der Waals surface area contributed by atoms with Gasteiger partial charge in [-0.15, -0.1) is 34.7 Å². The van der Waals surface area contributed by atoms with E-state index < -0.39 is 6.36 Å². The molecule has 1 aromatic carbocycles. The number of hydrogen-bond acceptors (Lipinski definition) is 9. The molecule has 0 fully saturated rings. The number of aromatic nitrogens is 3. The van der Waals surface area contributed by atoms with E-state index in [1.807, 2.05) is 5.38 Å². The minimum Gasteiger partial charge on any atom is -0.406 e. The van der Waals surface area contributed by atoms with Crippen molar-refractivity contribution in [1.82, 2.24) is 15.2 Å². The third kappa shape index (κ3) is 6.30. The van der Waals surface area contributed by atoms with Crippen molar-refractivity contribution in [3.05, 3.63) is 35.3 Å². The second-order valence-corrected chi connectivity index (χ2v) is 8.59. The lowest BCUT2D eigenvalue weighted by Crippen LogP contribution is -2.22. The Morgan fingerprint density at radius 2 is 2.00 bits per heavy atom. The van der Waals surface area contributed by atoms with Gasteiger partial charge in [0.05, 0.1) is 5.69 Å². The number of nitrogens with zero attached hydrogens (tertiary/aromatic N) is 4. The molecule has 2 heterocycles. The van der Waals surface area contributed by atoms with Gasteiger partial charge in [-0.05, 0) is 24.3 Å². The van der Waals surface area contributed by atoms with Crippen molar-refractivity contribution in [2.24, 2.45) is 0 Å². The Balaban J connectivity index is 1.54. The van der Waals surface area contributed by atoms with Gasteiger partial charge < -0.3 is 10.1 Å². The highest BCUT2D eigenvalue weighted by molar-refractivity contribution is 8.00. The number of thioether (sulfide) groups is 1. The van der Waals surface area contributed by atoms with Gasteiger partial charge in [-0.2, -0.15) is 0 Å². The summed E-state index contributed by atoms with van der Waals surface area (Å²) in [7, 11) is 1.67. The molecule has 29 heavy (non-hydrogen) atoms. The van der Waals surface area contributed by atoms with Gasteiger partial charge in [-0.1, -0.05) is 23.1 Å². The quantitative estimate of drug-likeness (QED) is 0.501. The van der Waals surface area contributed by atoms with Crippen LogP contribution in [-0.2, 0) is 10.5 Å². The van der Waals surface area contributed by atoms with Gasteiger partial charge in [0.15, 0.2) is 9.47 Å². The minimum atomic E-state index is -4.72. The standard InChI is InChI=1S/C16H14F3N5O2S3/c1-9(25)24(2)14-21-11(7-27-14)8-28-15-23-22-13(29-15)20-10-3-5-12(6-4-10)26-16(17,18)19/h3-7H,8H2,1-2H3,(H,20,22). The SMILES string of the molecule is CC(=O)N(C)c1nc(CSc2nnc(Nc3ccc(OC(F)(F)F)cc3)s2)cs1. The van der Waals surface area contributed by atoms with Crippen LogP contribution in [0.15, 0.2) is 34.0 Å². The molecule has 0 aliphatic heterocycles. The first kappa shape index (κ1) is 21.3. The first-order valence-electron chi connectivity index (χ1n) is 7.97. The molecular weight excluding hydrogens is 447 g/mol. The van der Waals surface area contributed by atoms with E-state index in [4.69, 9.17) is 0 Å². The van der Waals surface area contributed by atoms with Crippen LogP contribution in [0.4, 0.5) is 29.1 Å². The van der Waals surface area contributed by atoms with Gasteiger partial charge in [0.1, 0.15) is 5.75 Å². The number of anilines is 3. The molecule has 1 amide bonds. The van der Waals surface area contributed by atoms with E-state index in [-0.39, 0.29) is 11.7 Å². The number of benzene rings is 1. The number of alkyl halides is 3. The van der Waals surface area contributed by atoms with E-state index in [0.29, 0.717) is 26.0 Å². The summed E-state index contributed by atoms with van der Waals surface area (Å²) < 4.78 is 41.1. The third-order valence-corrected chi connectivity index (χ3v) is 6.36. The minimum absolute atomic E-state index is 0.0867. The van der Waals surface area contributed by atoms with Crippen molar-refractivity contribution in [2.45, 2.75) is 23.4 Å². The van der Waals surface area contributed by atoms with Crippen LogP contribution in [0.1, 0.15) is 12.6 Å². The van der Waals surface area contributed by atoms with Gasteiger partial charge in [0.25, 0.3) is 0 Å². The highest BCUT2D eigenvalue weighted by Crippen LogP contribution is 2.32. The maximum Gasteiger partial charge on any atom is 0.573 e. The van der Waals surface area contributed by atoms with Crippen LogP contribution in [0.3, 0.4) is 0 Å². The normalized spacial score (nSPS) is 11.3. The van der Waals surface area contributed by atoms with E-state index in [0.717, 1.165) is 5.69 Å². The average molecular weight is 462 g/mol. The molecule has 0 radical (unpaired) electrons. The molecule has 0 bridgehead atoms. The molecule has 0 spiro atoms. The molecule has 3 rings (SSSR count). The van der Waals surface area contributed by atoms with Gasteiger partial charge in [0.2, 0.25) is 11.0 Å². The van der Waals surface area contributed by atoms with Crippen LogP contribution >= 0.6 is 34.4 Å². The largest absolute Gasteiger partial charge is 0.573 e. The number of rotatable bonds is 7. The number of amides is 1. The number of halogens is 3. The molecule has 0 saturated heterocycles. The van der Waals surface area contributed by atoms with Crippen molar-refractivity contribution in [1.29, 1.82) is 0 Å². The van der Waals surface area contributed by atoms with Crippen molar-refractivity contribution >= 4 is 56.3 Å². The summed E-state index contributed by atoms with van der Waals surface area (Å²) in [4.78, 5) is 17.3. The van der Waals surface area contributed by atoms with Crippen molar-refractivity contribution < 1.29 is 22.7 Å². The maximum atomic E-state index is 12.2. The summed E-state index contributed by atoms with van der Waals surface area (Å²) in [6.07, 6.45) is -4.72. The van der Waals surface area contributed by atoms with Crippen LogP contribution in [0.2, 0.25) is 0 Å². The predicted octanol–water partition coefficient (Wildman–Crippen LogP) is 4.91. The molecule has 0 aliphatic carbocycles. The zero-order chi connectivity index (χ0) is 21.0. The molecule has 13 heteroatoms. The zero-order valence-electron chi connectivity index (χ0n) is 15.1. The fourth-order valence-corrected chi connectivity index (χ4v) is 4.57. The van der Waals surface area contributed by atoms with E-state index in [1.165, 1.54) is 70.5 Å². The van der Waals surface area contributed by atoms with E-state index in [9.17, 15) is 18.0 Å². The van der Waals surface area contributed by atoms with Crippen LogP contribution in [0.25, 0.3) is 0 Å². The number of carbonyl (C=O) groups is 1. The number of carbonyl (C=O) groups excluding carboxylic acids is 1. The zero-order valence-corrected chi connectivity index (χ0v) is 17.5. The first-order valence-corrected chi connectivity index (χ1v) is 10.7. The number of hydrogen-bond donors (Lipinski definition) is 1. The molecule has 0 unspecified atom stereocenters. The highest BCUT2D eigenvalue weighted by atomic mass is 32.2. The van der Waals surface area contributed by atoms with Crippen LogP contribution < -0.4 is 15.0 Å². The Hall–Kier alpha value is -2.38. The van der Waals surface area contributed by atoms with Gasteiger partial charge >= 0.3 is 6.36 Å². The Labute approximate surface area is 175 Å². The predicted molar refractivity (Wildman–Crippen MR) is 107 cm³/mol. The molecule has 0 atom stereocenters. The molecule has 2 aromatic heterocycles. The second kappa shape index (κ2) is 8.97. The van der Waals surface area contributed by atoms with E-state index >= 15 is 0 Å². The lowest BCUT2D eigenvalue weighted by Gasteiger charge is -2.09. The summed E-state index contributed by atoms with van der Waals surface area (Å²) in [5, 5.41) is 14.1. The highest BCUT2D eigenvalue weighted by Gasteiger charge is 2.30. The number of nitrogens with one attached hydrogen (secondary N) is 1. The molecule has 0 aliphatic rings. The summed E-state index contributed by atoms with van der Waals surface area (Å²) >= 11 is 4.14. The van der Waals surface area contributed by atoms with E-state index in [1.54, 1.807) is 7.05 Å². The fraction of sp³-hybridized carbons (Fsp3) is 0.250. The Morgan fingerprint density at radius 1 is 1.28 bits per heavy atom. The maximum absolute atomic E-state index is 12.2.